The third kappa shape index (κ3) is 4.91. The van der Waals surface area contributed by atoms with Crippen molar-refractivity contribution in [3.63, 3.8) is 0 Å². The Morgan fingerprint density at radius 3 is 3.12 bits per heavy atom. The van der Waals surface area contributed by atoms with Crippen LogP contribution in [0.3, 0.4) is 0 Å². The van der Waals surface area contributed by atoms with E-state index in [1.807, 2.05) is 18.7 Å². The van der Waals surface area contributed by atoms with Crippen LogP contribution in [0.1, 0.15) is 26.2 Å². The summed E-state index contributed by atoms with van der Waals surface area (Å²) >= 11 is 1.91. The highest BCUT2D eigenvalue weighted by atomic mass is 32.2. The third-order valence-electron chi connectivity index (χ3n) is 2.65. The van der Waals surface area contributed by atoms with Crippen LogP contribution in [-0.2, 0) is 4.79 Å². The van der Waals surface area contributed by atoms with E-state index < -0.39 is 0 Å². The van der Waals surface area contributed by atoms with Gasteiger partial charge in [-0.15, -0.1) is 12.3 Å². The fourth-order valence-corrected chi connectivity index (χ4v) is 2.65. The Labute approximate surface area is 102 Å². The largest absolute Gasteiger partial charge is 0.352 e. The number of hydrogen-bond donors (Lipinski definition) is 2. The first kappa shape index (κ1) is 13.4. The van der Waals surface area contributed by atoms with Gasteiger partial charge in [0.2, 0.25) is 5.91 Å². The van der Waals surface area contributed by atoms with E-state index in [0.717, 1.165) is 24.5 Å². The van der Waals surface area contributed by atoms with E-state index in [-0.39, 0.29) is 11.9 Å². The number of nitrogens with one attached hydrogen (secondary N) is 2. The Kier molecular flexibility index (Phi) is 6.36. The summed E-state index contributed by atoms with van der Waals surface area (Å²) in [5.41, 5.74) is 0. The zero-order valence-corrected chi connectivity index (χ0v) is 10.6. The summed E-state index contributed by atoms with van der Waals surface area (Å²) < 4.78 is 0. The highest BCUT2D eigenvalue weighted by molar-refractivity contribution is 7.99. The Morgan fingerprint density at radius 1 is 1.75 bits per heavy atom. The second-order valence-electron chi connectivity index (χ2n) is 4.01. The molecule has 2 N–H and O–H groups in total. The van der Waals surface area contributed by atoms with E-state index in [0.29, 0.717) is 18.9 Å². The number of amides is 1. The van der Waals surface area contributed by atoms with Gasteiger partial charge in [-0.25, -0.2) is 0 Å². The number of carbonyl (C=O) groups excluding carboxylic acids is 1. The highest BCUT2D eigenvalue weighted by Crippen LogP contribution is 2.10. The maximum atomic E-state index is 11.7. The predicted molar refractivity (Wildman–Crippen MR) is 69.4 cm³/mol. The number of carbonyl (C=O) groups is 1. The fraction of sp³-hybridized carbons (Fsp3) is 0.750. The molecule has 16 heavy (non-hydrogen) atoms. The van der Waals surface area contributed by atoms with Crippen molar-refractivity contribution in [3.8, 4) is 12.3 Å². The topological polar surface area (TPSA) is 41.1 Å². The van der Waals surface area contributed by atoms with E-state index in [9.17, 15) is 4.79 Å². The lowest BCUT2D eigenvalue weighted by Crippen LogP contribution is -2.43. The van der Waals surface area contributed by atoms with Crippen LogP contribution in [0.15, 0.2) is 0 Å². The normalized spacial score (nSPS) is 22.1. The van der Waals surface area contributed by atoms with Gasteiger partial charge in [0.1, 0.15) is 0 Å². The van der Waals surface area contributed by atoms with Crippen molar-refractivity contribution >= 4 is 17.7 Å². The van der Waals surface area contributed by atoms with Gasteiger partial charge < -0.3 is 10.6 Å². The Balaban J connectivity index is 2.25. The minimum Gasteiger partial charge on any atom is -0.352 e. The summed E-state index contributed by atoms with van der Waals surface area (Å²) in [6.07, 6.45) is 7.32. The molecule has 0 bridgehead atoms. The zero-order chi connectivity index (χ0) is 11.8. The molecule has 0 aromatic carbocycles. The van der Waals surface area contributed by atoms with Gasteiger partial charge in [-0.1, -0.05) is 6.92 Å². The van der Waals surface area contributed by atoms with Crippen molar-refractivity contribution in [3.05, 3.63) is 0 Å². The Hall–Kier alpha value is -0.660. The predicted octanol–water partition coefficient (Wildman–Crippen LogP) is 1.000. The van der Waals surface area contributed by atoms with Crippen molar-refractivity contribution in [1.29, 1.82) is 0 Å². The Morgan fingerprint density at radius 2 is 2.56 bits per heavy atom. The van der Waals surface area contributed by atoms with E-state index in [1.165, 1.54) is 0 Å². The van der Waals surface area contributed by atoms with Crippen LogP contribution >= 0.6 is 11.8 Å². The lowest BCUT2D eigenvalue weighted by Gasteiger charge is -2.23. The van der Waals surface area contributed by atoms with Crippen LogP contribution < -0.4 is 10.6 Å². The molecule has 1 rings (SSSR count). The molecule has 1 aliphatic rings. The maximum Gasteiger partial charge on any atom is 0.221 e. The minimum atomic E-state index is 0.113. The molecule has 0 radical (unpaired) electrons. The quantitative estimate of drug-likeness (QED) is 0.704. The second-order valence-corrected chi connectivity index (χ2v) is 5.16. The third-order valence-corrected chi connectivity index (χ3v) is 3.78. The van der Waals surface area contributed by atoms with Crippen LogP contribution in [0.5, 0.6) is 0 Å². The maximum absolute atomic E-state index is 11.7. The van der Waals surface area contributed by atoms with E-state index in [4.69, 9.17) is 6.42 Å². The summed E-state index contributed by atoms with van der Waals surface area (Å²) in [4.78, 5) is 11.7. The van der Waals surface area contributed by atoms with Gasteiger partial charge in [0.15, 0.2) is 0 Å². The molecular weight excluding hydrogens is 220 g/mol. The molecule has 0 spiro atoms. The van der Waals surface area contributed by atoms with Gasteiger partial charge >= 0.3 is 0 Å². The monoisotopic (exact) mass is 240 g/mol. The molecule has 1 amide bonds. The standard InChI is InChI=1S/C12H20N2OS/c1-3-5-10(4-2)14-12(15)8-11-9-16-7-6-13-11/h1,10-11,13H,4-9H2,2H3,(H,14,15). The van der Waals surface area contributed by atoms with Crippen LogP contribution in [0.25, 0.3) is 0 Å². The lowest BCUT2D eigenvalue weighted by atomic mass is 10.1. The van der Waals surface area contributed by atoms with Crippen molar-refractivity contribution in [2.45, 2.75) is 38.3 Å². The lowest BCUT2D eigenvalue weighted by molar-refractivity contribution is -0.122. The average Bonchev–Trinajstić information content (AvgIpc) is 2.29. The first-order valence-electron chi connectivity index (χ1n) is 5.80. The number of thioether (sulfide) groups is 1. The molecule has 1 saturated heterocycles. The van der Waals surface area contributed by atoms with Gasteiger partial charge in [-0.2, -0.15) is 11.8 Å². The molecule has 1 fully saturated rings. The Bertz CT molecular complexity index is 256. The summed E-state index contributed by atoms with van der Waals surface area (Å²) in [6, 6.07) is 0.454. The highest BCUT2D eigenvalue weighted by Gasteiger charge is 2.17. The fourth-order valence-electron chi connectivity index (χ4n) is 1.70. The minimum absolute atomic E-state index is 0.113. The molecule has 1 aliphatic heterocycles. The molecule has 90 valence electrons. The van der Waals surface area contributed by atoms with Crippen molar-refractivity contribution < 1.29 is 4.79 Å². The molecule has 3 nitrogen and oxygen atoms in total. The zero-order valence-electron chi connectivity index (χ0n) is 9.79. The molecule has 0 saturated carbocycles. The molecule has 4 heteroatoms. The summed E-state index contributed by atoms with van der Waals surface area (Å²) in [7, 11) is 0. The van der Waals surface area contributed by atoms with Crippen molar-refractivity contribution in [1.82, 2.24) is 10.6 Å². The van der Waals surface area contributed by atoms with Gasteiger partial charge in [-0.3, -0.25) is 4.79 Å². The molecule has 2 atom stereocenters. The molecule has 2 unspecified atom stereocenters. The van der Waals surface area contributed by atoms with Crippen LogP contribution in [0.2, 0.25) is 0 Å². The van der Waals surface area contributed by atoms with E-state index in [1.54, 1.807) is 0 Å². The average molecular weight is 240 g/mol. The SMILES string of the molecule is C#CCC(CC)NC(=O)CC1CSCCN1. The number of rotatable bonds is 5. The van der Waals surface area contributed by atoms with Crippen molar-refractivity contribution in [2.24, 2.45) is 0 Å². The molecule has 1 heterocycles. The summed E-state index contributed by atoms with van der Waals surface area (Å²) in [5.74, 6) is 4.88. The number of terminal acetylenes is 1. The van der Waals surface area contributed by atoms with Crippen molar-refractivity contribution in [2.75, 3.05) is 18.1 Å². The summed E-state index contributed by atoms with van der Waals surface area (Å²) in [6.45, 7) is 3.04. The molecule has 0 aromatic rings. The summed E-state index contributed by atoms with van der Waals surface area (Å²) in [5, 5.41) is 6.34. The molecule has 0 aromatic heterocycles. The first-order valence-corrected chi connectivity index (χ1v) is 6.95. The second kappa shape index (κ2) is 7.59. The van der Waals surface area contributed by atoms with Gasteiger partial charge in [0, 0.05) is 43.0 Å². The van der Waals surface area contributed by atoms with Gasteiger partial charge in [0.25, 0.3) is 0 Å². The van der Waals surface area contributed by atoms with Crippen LogP contribution in [-0.4, -0.2) is 36.0 Å². The molecule has 0 aliphatic carbocycles. The number of hydrogen-bond acceptors (Lipinski definition) is 3. The molecular formula is C12H20N2OS. The van der Waals surface area contributed by atoms with Gasteiger partial charge in [-0.05, 0) is 6.42 Å². The van der Waals surface area contributed by atoms with E-state index in [2.05, 4.69) is 16.6 Å². The van der Waals surface area contributed by atoms with E-state index >= 15 is 0 Å². The first-order chi connectivity index (χ1) is 7.76. The van der Waals surface area contributed by atoms with Gasteiger partial charge in [0.05, 0.1) is 0 Å². The van der Waals surface area contributed by atoms with Crippen LogP contribution in [0, 0.1) is 12.3 Å². The smallest absolute Gasteiger partial charge is 0.221 e. The van der Waals surface area contributed by atoms with Crippen LogP contribution in [0.4, 0.5) is 0 Å².